The van der Waals surface area contributed by atoms with E-state index >= 15 is 0 Å². The normalized spacial score (nSPS) is 9.93. The zero-order valence-corrected chi connectivity index (χ0v) is 8.08. The van der Waals surface area contributed by atoms with Gasteiger partial charge in [-0.2, -0.15) is 0 Å². The van der Waals surface area contributed by atoms with Crippen LogP contribution in [-0.2, 0) is 0 Å². The number of rotatable bonds is 2. The zero-order chi connectivity index (χ0) is 10.7. The molecule has 2 aromatic heterocycles. The van der Waals surface area contributed by atoms with Crippen molar-refractivity contribution in [2.75, 3.05) is 0 Å². The minimum Gasteiger partial charge on any atom is -0.285 e. The van der Waals surface area contributed by atoms with E-state index in [1.54, 1.807) is 6.20 Å². The lowest BCUT2D eigenvalue weighted by atomic mass is 10.2. The standard InChI is InChI=1S/C10H8N4O/c1-7-4-14-9(6-13-7)10(15)8-5-11-2-3-12-8/h2-6H,1H3. The minimum atomic E-state index is -0.268. The molecule has 74 valence electrons. The Morgan fingerprint density at radius 1 is 1.00 bits per heavy atom. The van der Waals surface area contributed by atoms with Crippen molar-refractivity contribution in [3.63, 3.8) is 0 Å². The first kappa shape index (κ1) is 9.39. The third-order valence-corrected chi connectivity index (χ3v) is 1.81. The number of aryl methyl sites for hydroxylation is 1. The molecule has 0 saturated carbocycles. The summed E-state index contributed by atoms with van der Waals surface area (Å²) in [4.78, 5) is 27.4. The van der Waals surface area contributed by atoms with Crippen LogP contribution in [0.1, 0.15) is 21.9 Å². The summed E-state index contributed by atoms with van der Waals surface area (Å²) in [5, 5.41) is 0. The first-order valence-electron chi connectivity index (χ1n) is 4.37. The van der Waals surface area contributed by atoms with Gasteiger partial charge in [0.05, 0.1) is 18.1 Å². The average Bonchev–Trinajstić information content (AvgIpc) is 2.30. The molecule has 0 aliphatic heterocycles. The lowest BCUT2D eigenvalue weighted by Gasteiger charge is -1.98. The molecule has 0 unspecified atom stereocenters. The molecule has 2 aromatic rings. The van der Waals surface area contributed by atoms with Crippen molar-refractivity contribution in [2.45, 2.75) is 6.92 Å². The molecule has 0 aromatic carbocycles. The van der Waals surface area contributed by atoms with E-state index < -0.39 is 0 Å². The van der Waals surface area contributed by atoms with Crippen LogP contribution in [0.3, 0.4) is 0 Å². The van der Waals surface area contributed by atoms with Crippen LogP contribution in [0.4, 0.5) is 0 Å². The van der Waals surface area contributed by atoms with Crippen molar-refractivity contribution >= 4 is 5.78 Å². The number of nitrogens with zero attached hydrogens (tertiary/aromatic N) is 4. The summed E-state index contributed by atoms with van der Waals surface area (Å²) in [6.07, 6.45) is 7.37. The molecule has 2 heterocycles. The van der Waals surface area contributed by atoms with Crippen LogP contribution >= 0.6 is 0 Å². The summed E-state index contributed by atoms with van der Waals surface area (Å²) in [5.41, 5.74) is 1.32. The Morgan fingerprint density at radius 3 is 2.40 bits per heavy atom. The van der Waals surface area contributed by atoms with Gasteiger partial charge in [-0.25, -0.2) is 9.97 Å². The van der Waals surface area contributed by atoms with Crippen molar-refractivity contribution in [1.29, 1.82) is 0 Å². The fraction of sp³-hybridized carbons (Fsp3) is 0.100. The second-order valence-electron chi connectivity index (χ2n) is 2.96. The third kappa shape index (κ3) is 2.01. The topological polar surface area (TPSA) is 68.6 Å². The van der Waals surface area contributed by atoms with Crippen LogP contribution in [0.25, 0.3) is 0 Å². The van der Waals surface area contributed by atoms with Crippen molar-refractivity contribution in [3.8, 4) is 0 Å². The molecule has 5 nitrogen and oxygen atoms in total. The van der Waals surface area contributed by atoms with Crippen LogP contribution in [0.2, 0.25) is 0 Å². The molecular weight excluding hydrogens is 192 g/mol. The van der Waals surface area contributed by atoms with E-state index in [9.17, 15) is 4.79 Å². The maximum atomic E-state index is 11.8. The van der Waals surface area contributed by atoms with E-state index in [0.717, 1.165) is 5.69 Å². The summed E-state index contributed by atoms with van der Waals surface area (Å²) >= 11 is 0. The molecule has 0 aliphatic rings. The Balaban J connectivity index is 2.33. The van der Waals surface area contributed by atoms with Gasteiger partial charge in [-0.1, -0.05) is 0 Å². The number of aromatic nitrogens is 4. The lowest BCUT2D eigenvalue weighted by Crippen LogP contribution is -2.07. The Hall–Kier alpha value is -2.17. The molecule has 5 heteroatoms. The minimum absolute atomic E-state index is 0.268. The predicted octanol–water partition coefficient (Wildman–Crippen LogP) is 0.806. The highest BCUT2D eigenvalue weighted by atomic mass is 16.1. The van der Waals surface area contributed by atoms with Gasteiger partial charge in [0.25, 0.3) is 0 Å². The Kier molecular flexibility index (Phi) is 2.45. The van der Waals surface area contributed by atoms with Crippen molar-refractivity contribution < 1.29 is 4.79 Å². The van der Waals surface area contributed by atoms with Crippen LogP contribution in [0.5, 0.6) is 0 Å². The smallest absolute Gasteiger partial charge is 0.232 e. The second kappa shape index (κ2) is 3.91. The molecule has 0 atom stereocenters. The highest BCUT2D eigenvalue weighted by Gasteiger charge is 2.11. The quantitative estimate of drug-likeness (QED) is 0.671. The van der Waals surface area contributed by atoms with Crippen LogP contribution in [-0.4, -0.2) is 25.7 Å². The van der Waals surface area contributed by atoms with E-state index in [-0.39, 0.29) is 17.2 Å². The van der Waals surface area contributed by atoms with E-state index in [4.69, 9.17) is 0 Å². The van der Waals surface area contributed by atoms with Gasteiger partial charge in [0.1, 0.15) is 11.4 Å². The lowest BCUT2D eigenvalue weighted by molar-refractivity contribution is 0.102. The zero-order valence-electron chi connectivity index (χ0n) is 8.08. The first-order chi connectivity index (χ1) is 7.27. The van der Waals surface area contributed by atoms with Gasteiger partial charge >= 0.3 is 0 Å². The average molecular weight is 200 g/mol. The second-order valence-corrected chi connectivity index (χ2v) is 2.96. The van der Waals surface area contributed by atoms with Crippen molar-refractivity contribution in [1.82, 2.24) is 19.9 Å². The molecule has 0 saturated heterocycles. The maximum Gasteiger partial charge on any atom is 0.232 e. The Bertz CT molecular complexity index is 467. The van der Waals surface area contributed by atoms with Crippen LogP contribution < -0.4 is 0 Å². The third-order valence-electron chi connectivity index (χ3n) is 1.81. The number of ketones is 1. The van der Waals surface area contributed by atoms with Crippen LogP contribution in [0.15, 0.2) is 31.0 Å². The van der Waals surface area contributed by atoms with Crippen LogP contribution in [0, 0.1) is 6.92 Å². The van der Waals surface area contributed by atoms with E-state index in [2.05, 4.69) is 19.9 Å². The molecule has 0 fully saturated rings. The molecule has 0 aliphatic carbocycles. The summed E-state index contributed by atoms with van der Waals surface area (Å²) < 4.78 is 0. The largest absolute Gasteiger partial charge is 0.285 e. The highest BCUT2D eigenvalue weighted by molar-refractivity contribution is 6.05. The molecule has 0 radical (unpaired) electrons. The van der Waals surface area contributed by atoms with Gasteiger partial charge in [0.2, 0.25) is 5.78 Å². The SMILES string of the molecule is Cc1cnc(C(=O)c2cnccn2)cn1. The number of carbonyl (C=O) groups is 1. The predicted molar refractivity (Wildman–Crippen MR) is 52.2 cm³/mol. The molecule has 0 amide bonds. The van der Waals surface area contributed by atoms with Gasteiger partial charge in [-0.05, 0) is 6.92 Å². The monoisotopic (exact) mass is 200 g/mol. The number of hydrogen-bond acceptors (Lipinski definition) is 5. The van der Waals surface area contributed by atoms with Gasteiger partial charge in [-0.3, -0.25) is 14.8 Å². The molecule has 0 spiro atoms. The molecule has 0 N–H and O–H groups in total. The molecule has 15 heavy (non-hydrogen) atoms. The molecular formula is C10H8N4O. The highest BCUT2D eigenvalue weighted by Crippen LogP contribution is 2.02. The Morgan fingerprint density at radius 2 is 1.80 bits per heavy atom. The van der Waals surface area contributed by atoms with Gasteiger partial charge in [0, 0.05) is 18.6 Å². The number of carbonyl (C=O) groups excluding carboxylic acids is 1. The molecule has 0 bridgehead atoms. The maximum absolute atomic E-state index is 11.8. The number of hydrogen-bond donors (Lipinski definition) is 0. The van der Waals surface area contributed by atoms with Gasteiger partial charge in [0.15, 0.2) is 0 Å². The summed E-state index contributed by atoms with van der Waals surface area (Å²) in [7, 11) is 0. The van der Waals surface area contributed by atoms with E-state index in [1.807, 2.05) is 6.92 Å². The van der Waals surface area contributed by atoms with Gasteiger partial charge in [-0.15, -0.1) is 0 Å². The fourth-order valence-electron chi connectivity index (χ4n) is 1.06. The van der Waals surface area contributed by atoms with Crippen molar-refractivity contribution in [2.24, 2.45) is 0 Å². The molecule has 2 rings (SSSR count). The van der Waals surface area contributed by atoms with Gasteiger partial charge < -0.3 is 0 Å². The van der Waals surface area contributed by atoms with E-state index in [1.165, 1.54) is 24.8 Å². The fourth-order valence-corrected chi connectivity index (χ4v) is 1.06. The summed E-state index contributed by atoms with van der Waals surface area (Å²) in [5.74, 6) is -0.268. The first-order valence-corrected chi connectivity index (χ1v) is 4.37. The summed E-state index contributed by atoms with van der Waals surface area (Å²) in [6.45, 7) is 1.81. The van der Waals surface area contributed by atoms with E-state index in [0.29, 0.717) is 0 Å². The summed E-state index contributed by atoms with van der Waals surface area (Å²) in [6, 6.07) is 0. The van der Waals surface area contributed by atoms with Crippen molar-refractivity contribution in [3.05, 3.63) is 48.1 Å². The Labute approximate surface area is 86.3 Å².